The highest BCUT2D eigenvalue weighted by molar-refractivity contribution is 14.1. The van der Waals surface area contributed by atoms with Gasteiger partial charge in [0, 0.05) is 14.2 Å². The van der Waals surface area contributed by atoms with E-state index in [1.807, 2.05) is 6.07 Å². The maximum absolute atomic E-state index is 10.6. The van der Waals surface area contributed by atoms with Gasteiger partial charge in [-0.25, -0.2) is 0 Å². The molecule has 0 amide bonds. The minimum atomic E-state index is 0.516. The minimum Gasteiger partial charge on any atom is -0.297 e. The van der Waals surface area contributed by atoms with E-state index < -0.39 is 0 Å². The Labute approximate surface area is 104 Å². The van der Waals surface area contributed by atoms with Gasteiger partial charge >= 0.3 is 0 Å². The lowest BCUT2D eigenvalue weighted by molar-refractivity contribution is 0.112. The molecule has 0 N–H and O–H groups in total. The second-order valence-corrected chi connectivity index (χ2v) is 5.43. The molecule has 0 aliphatic heterocycles. The molecule has 1 nitrogen and oxygen atoms in total. The molecule has 0 saturated carbocycles. The maximum Gasteiger partial charge on any atom is 0.160 e. The van der Waals surface area contributed by atoms with Crippen LogP contribution in [0.15, 0.2) is 18.2 Å². The Morgan fingerprint density at radius 3 is 2.86 bits per heavy atom. The molecule has 0 spiro atoms. The quantitative estimate of drug-likeness (QED) is 0.459. The van der Waals surface area contributed by atoms with Gasteiger partial charge in [-0.05, 0) is 51.7 Å². The molecule has 2 rings (SSSR count). The number of halogens is 2. The average Bonchev–Trinajstić information content (AvgIpc) is 2.58. The summed E-state index contributed by atoms with van der Waals surface area (Å²) in [7, 11) is 0. The Balaban J connectivity index is 2.69. The summed E-state index contributed by atoms with van der Waals surface area (Å²) in [5, 5.41) is 1.12. The molecule has 4 heteroatoms. The van der Waals surface area contributed by atoms with Crippen LogP contribution >= 0.6 is 45.5 Å². The zero-order valence-corrected chi connectivity index (χ0v) is 10.8. The van der Waals surface area contributed by atoms with Gasteiger partial charge in [0.1, 0.15) is 0 Å². The third kappa shape index (κ3) is 1.81. The van der Waals surface area contributed by atoms with Crippen LogP contribution in [0.3, 0.4) is 0 Å². The number of thiophene rings is 1. The van der Waals surface area contributed by atoms with Crippen molar-refractivity contribution < 1.29 is 4.79 Å². The molecular weight excluding hydrogens is 331 g/mol. The first-order valence-electron chi connectivity index (χ1n) is 3.97. The van der Waals surface area contributed by atoms with Gasteiger partial charge in [-0.1, -0.05) is 0 Å². The molecular formula is C10H6ClIOS. The Morgan fingerprint density at radius 2 is 2.21 bits per heavy atom. The standard InChI is InChI=1S/C10H6ClIOS/c11-4-7-3-10-6(2-9(7)12)1-8(5-13)14-10/h1-3,5H,4H2. The third-order valence-electron chi connectivity index (χ3n) is 1.96. The summed E-state index contributed by atoms with van der Waals surface area (Å²) < 4.78 is 2.28. The lowest BCUT2D eigenvalue weighted by atomic mass is 10.2. The first-order valence-corrected chi connectivity index (χ1v) is 6.40. The van der Waals surface area contributed by atoms with Gasteiger partial charge in [0.15, 0.2) is 6.29 Å². The summed E-state index contributed by atoms with van der Waals surface area (Å²) >= 11 is 9.57. The van der Waals surface area contributed by atoms with Crippen molar-refractivity contribution in [3.05, 3.63) is 32.2 Å². The second-order valence-electron chi connectivity index (χ2n) is 2.88. The van der Waals surface area contributed by atoms with Gasteiger partial charge in [-0.3, -0.25) is 4.79 Å². The number of rotatable bonds is 2. The van der Waals surface area contributed by atoms with Crippen LogP contribution in [0.25, 0.3) is 10.1 Å². The van der Waals surface area contributed by atoms with Crippen molar-refractivity contribution in [2.24, 2.45) is 0 Å². The predicted molar refractivity (Wildman–Crippen MR) is 69.5 cm³/mol. The summed E-state index contributed by atoms with van der Waals surface area (Å²) in [6.07, 6.45) is 0.887. The molecule has 14 heavy (non-hydrogen) atoms. The van der Waals surface area contributed by atoms with E-state index in [1.54, 1.807) is 0 Å². The fourth-order valence-corrected chi connectivity index (χ4v) is 3.34. The number of hydrogen-bond donors (Lipinski definition) is 0. The zero-order valence-electron chi connectivity index (χ0n) is 7.09. The summed E-state index contributed by atoms with van der Waals surface area (Å²) in [6.45, 7) is 0. The molecule has 0 atom stereocenters. The third-order valence-corrected chi connectivity index (χ3v) is 4.28. The monoisotopic (exact) mass is 336 g/mol. The number of benzene rings is 1. The molecule has 0 aliphatic carbocycles. The topological polar surface area (TPSA) is 17.1 Å². The van der Waals surface area contributed by atoms with Gasteiger partial charge in [0.05, 0.1) is 4.88 Å². The Bertz CT molecular complexity index is 492. The van der Waals surface area contributed by atoms with E-state index in [9.17, 15) is 4.79 Å². The molecule has 1 aromatic carbocycles. The Hall–Kier alpha value is -0.130. The lowest BCUT2D eigenvalue weighted by Crippen LogP contribution is -1.82. The smallest absolute Gasteiger partial charge is 0.160 e. The van der Waals surface area contributed by atoms with Crippen molar-refractivity contribution in [2.45, 2.75) is 5.88 Å². The molecule has 0 bridgehead atoms. The first kappa shape index (κ1) is 10.4. The lowest BCUT2D eigenvalue weighted by Gasteiger charge is -1.99. The van der Waals surface area contributed by atoms with Crippen LogP contribution in [0.5, 0.6) is 0 Å². The van der Waals surface area contributed by atoms with Crippen molar-refractivity contribution in [2.75, 3.05) is 0 Å². The summed E-state index contributed by atoms with van der Waals surface area (Å²) in [4.78, 5) is 11.4. The molecule has 0 radical (unpaired) electrons. The van der Waals surface area contributed by atoms with Crippen LogP contribution < -0.4 is 0 Å². The average molecular weight is 337 g/mol. The van der Waals surface area contributed by atoms with Gasteiger partial charge < -0.3 is 0 Å². The van der Waals surface area contributed by atoms with Crippen LogP contribution in [-0.4, -0.2) is 6.29 Å². The van der Waals surface area contributed by atoms with Crippen LogP contribution in [0.2, 0.25) is 0 Å². The predicted octanol–water partition coefficient (Wildman–Crippen LogP) is 4.06. The van der Waals surface area contributed by atoms with E-state index in [0.717, 1.165) is 30.4 Å². The fraction of sp³-hybridized carbons (Fsp3) is 0.100. The highest BCUT2D eigenvalue weighted by Crippen LogP contribution is 2.29. The number of carbonyl (C=O) groups is 1. The number of aldehydes is 1. The van der Waals surface area contributed by atoms with E-state index >= 15 is 0 Å². The van der Waals surface area contributed by atoms with E-state index in [2.05, 4.69) is 34.7 Å². The van der Waals surface area contributed by atoms with Gasteiger partial charge in [0.2, 0.25) is 0 Å². The summed E-state index contributed by atoms with van der Waals surface area (Å²) in [6, 6.07) is 6.03. The largest absolute Gasteiger partial charge is 0.297 e. The maximum atomic E-state index is 10.6. The van der Waals surface area contributed by atoms with E-state index in [4.69, 9.17) is 11.6 Å². The first-order chi connectivity index (χ1) is 6.74. The molecule has 0 saturated heterocycles. The van der Waals surface area contributed by atoms with E-state index in [-0.39, 0.29) is 0 Å². The van der Waals surface area contributed by atoms with E-state index in [1.165, 1.54) is 11.3 Å². The number of carbonyl (C=O) groups excluding carboxylic acids is 1. The fourth-order valence-electron chi connectivity index (χ4n) is 1.28. The normalized spacial score (nSPS) is 10.7. The van der Waals surface area contributed by atoms with Crippen molar-refractivity contribution in [1.29, 1.82) is 0 Å². The Morgan fingerprint density at radius 1 is 1.43 bits per heavy atom. The van der Waals surface area contributed by atoms with Crippen molar-refractivity contribution >= 4 is 61.9 Å². The van der Waals surface area contributed by atoms with E-state index in [0.29, 0.717) is 5.88 Å². The molecule has 1 aromatic heterocycles. The molecule has 1 heterocycles. The number of fused-ring (bicyclic) bond motifs is 1. The molecule has 0 fully saturated rings. The van der Waals surface area contributed by atoms with Gasteiger partial charge in [-0.2, -0.15) is 0 Å². The van der Waals surface area contributed by atoms with Crippen molar-refractivity contribution in [3.63, 3.8) is 0 Å². The molecule has 0 unspecified atom stereocenters. The van der Waals surface area contributed by atoms with Gasteiger partial charge in [0.25, 0.3) is 0 Å². The highest BCUT2D eigenvalue weighted by atomic mass is 127. The van der Waals surface area contributed by atoms with Crippen molar-refractivity contribution in [3.8, 4) is 0 Å². The summed E-state index contributed by atoms with van der Waals surface area (Å²) in [5.41, 5.74) is 1.12. The van der Waals surface area contributed by atoms with Crippen LogP contribution in [0, 0.1) is 3.57 Å². The minimum absolute atomic E-state index is 0.516. The van der Waals surface area contributed by atoms with Gasteiger partial charge in [-0.15, -0.1) is 22.9 Å². The summed E-state index contributed by atoms with van der Waals surface area (Å²) in [5.74, 6) is 0.516. The van der Waals surface area contributed by atoms with Crippen molar-refractivity contribution in [1.82, 2.24) is 0 Å². The number of hydrogen-bond acceptors (Lipinski definition) is 2. The zero-order chi connectivity index (χ0) is 10.1. The second kappa shape index (κ2) is 4.16. The SMILES string of the molecule is O=Cc1cc2cc(I)c(CCl)cc2s1. The number of alkyl halides is 1. The van der Waals surface area contributed by atoms with Crippen LogP contribution in [0.4, 0.5) is 0 Å². The molecule has 2 aromatic rings. The molecule has 72 valence electrons. The van der Waals surface area contributed by atoms with Crippen LogP contribution in [0.1, 0.15) is 15.2 Å². The Kier molecular flexibility index (Phi) is 3.09. The molecule has 0 aliphatic rings. The van der Waals surface area contributed by atoms with Crippen LogP contribution in [-0.2, 0) is 5.88 Å². The highest BCUT2D eigenvalue weighted by Gasteiger charge is 2.05.